The molecule has 2 fully saturated rings. The molecule has 2 saturated heterocycles. The van der Waals surface area contributed by atoms with Gasteiger partial charge < -0.3 is 5.32 Å². The van der Waals surface area contributed by atoms with E-state index in [1.54, 1.807) is 6.07 Å². The average Bonchev–Trinajstić information content (AvgIpc) is 2.46. The molecule has 0 saturated carbocycles. The van der Waals surface area contributed by atoms with Crippen molar-refractivity contribution in [2.75, 3.05) is 39.3 Å². The second-order valence-electron chi connectivity index (χ2n) is 5.21. The largest absolute Gasteiger partial charge is 0.314 e. The highest BCUT2D eigenvalue weighted by Crippen LogP contribution is 2.20. The van der Waals surface area contributed by atoms with Crippen molar-refractivity contribution < 1.29 is 8.42 Å². The Kier molecular flexibility index (Phi) is 3.91. The molecule has 0 amide bonds. The van der Waals surface area contributed by atoms with Gasteiger partial charge in [0.25, 0.3) is 0 Å². The number of nitriles is 1. The predicted molar refractivity (Wildman–Crippen MR) is 75.9 cm³/mol. The van der Waals surface area contributed by atoms with Crippen LogP contribution in [0.1, 0.15) is 5.69 Å². The highest BCUT2D eigenvalue weighted by atomic mass is 32.2. The topological polar surface area (TPSA) is 89.3 Å². The quantitative estimate of drug-likeness (QED) is 0.789. The summed E-state index contributed by atoms with van der Waals surface area (Å²) in [6, 6.07) is 5.37. The van der Waals surface area contributed by atoms with Gasteiger partial charge in [-0.3, -0.25) is 4.90 Å². The number of sulfonamides is 1. The molecule has 7 nitrogen and oxygen atoms in total. The Morgan fingerprint density at radius 2 is 2.00 bits per heavy atom. The number of rotatable bonds is 3. The van der Waals surface area contributed by atoms with Gasteiger partial charge in [0.05, 0.1) is 0 Å². The first kappa shape index (κ1) is 14.4. The minimum atomic E-state index is -3.64. The molecule has 0 aromatic carbocycles. The Morgan fingerprint density at radius 1 is 1.29 bits per heavy atom. The van der Waals surface area contributed by atoms with Gasteiger partial charge in [0, 0.05) is 51.5 Å². The maximum Gasteiger partial charge on any atom is 0.246 e. The third-order valence-corrected chi connectivity index (χ3v) is 5.97. The molecule has 2 aliphatic heterocycles. The summed E-state index contributed by atoms with van der Waals surface area (Å²) in [5, 5.41) is 12.2. The van der Waals surface area contributed by atoms with Crippen molar-refractivity contribution in [3.63, 3.8) is 0 Å². The van der Waals surface area contributed by atoms with Crippen LogP contribution in [0.15, 0.2) is 23.2 Å². The molecule has 0 atom stereocenters. The Hall–Kier alpha value is -1.53. The van der Waals surface area contributed by atoms with E-state index in [0.29, 0.717) is 19.1 Å². The van der Waals surface area contributed by atoms with E-state index in [9.17, 15) is 8.42 Å². The van der Waals surface area contributed by atoms with Gasteiger partial charge >= 0.3 is 0 Å². The van der Waals surface area contributed by atoms with Crippen LogP contribution >= 0.6 is 0 Å². The molecule has 112 valence electrons. The maximum atomic E-state index is 12.6. The van der Waals surface area contributed by atoms with Crippen molar-refractivity contribution in [1.29, 1.82) is 5.26 Å². The van der Waals surface area contributed by atoms with E-state index < -0.39 is 10.0 Å². The van der Waals surface area contributed by atoms with Gasteiger partial charge in [-0.05, 0) is 12.1 Å². The molecule has 3 rings (SSSR count). The van der Waals surface area contributed by atoms with Crippen LogP contribution in [0, 0.1) is 11.3 Å². The van der Waals surface area contributed by atoms with Crippen LogP contribution in [0.5, 0.6) is 0 Å². The first-order chi connectivity index (χ1) is 10.1. The summed E-state index contributed by atoms with van der Waals surface area (Å²) in [5.41, 5.74) is -0.0388. The van der Waals surface area contributed by atoms with Crippen LogP contribution in [0.2, 0.25) is 0 Å². The van der Waals surface area contributed by atoms with Crippen LogP contribution < -0.4 is 5.32 Å². The van der Waals surface area contributed by atoms with Crippen molar-refractivity contribution in [3.8, 4) is 6.07 Å². The zero-order valence-electron chi connectivity index (χ0n) is 11.6. The van der Waals surface area contributed by atoms with Crippen LogP contribution in [-0.4, -0.2) is 67.9 Å². The molecule has 0 bridgehead atoms. The summed E-state index contributed by atoms with van der Waals surface area (Å²) >= 11 is 0. The summed E-state index contributed by atoms with van der Waals surface area (Å²) < 4.78 is 26.7. The van der Waals surface area contributed by atoms with Gasteiger partial charge in [-0.25, -0.2) is 13.4 Å². The van der Waals surface area contributed by atoms with Crippen molar-refractivity contribution in [2.45, 2.75) is 10.9 Å². The lowest BCUT2D eigenvalue weighted by atomic mass is 10.1. The van der Waals surface area contributed by atoms with Crippen LogP contribution in [0.25, 0.3) is 0 Å². The normalized spacial score (nSPS) is 21.7. The van der Waals surface area contributed by atoms with Crippen LogP contribution in [0.4, 0.5) is 0 Å². The molecular formula is C13H17N5O2S. The van der Waals surface area contributed by atoms with Gasteiger partial charge in [0.15, 0.2) is 5.69 Å². The fourth-order valence-corrected chi connectivity index (χ4v) is 4.18. The van der Waals surface area contributed by atoms with E-state index in [-0.39, 0.29) is 10.6 Å². The molecule has 0 spiro atoms. The van der Waals surface area contributed by atoms with Crippen LogP contribution in [0.3, 0.4) is 0 Å². The molecule has 0 aliphatic carbocycles. The molecule has 1 aromatic rings. The van der Waals surface area contributed by atoms with E-state index in [2.05, 4.69) is 15.2 Å². The number of hydrogen-bond acceptors (Lipinski definition) is 6. The molecule has 0 unspecified atom stereocenters. The summed E-state index contributed by atoms with van der Waals surface area (Å²) in [4.78, 5) is 6.16. The highest BCUT2D eigenvalue weighted by Gasteiger charge is 2.33. The molecule has 1 aromatic heterocycles. The summed E-state index contributed by atoms with van der Waals surface area (Å²) in [6.45, 7) is 4.33. The van der Waals surface area contributed by atoms with Gasteiger partial charge in [-0.15, -0.1) is 0 Å². The van der Waals surface area contributed by atoms with E-state index in [1.165, 1.54) is 16.6 Å². The van der Waals surface area contributed by atoms with Gasteiger partial charge in [0.1, 0.15) is 11.0 Å². The smallest absolute Gasteiger partial charge is 0.246 e. The molecule has 1 N–H and O–H groups in total. The van der Waals surface area contributed by atoms with Crippen molar-refractivity contribution >= 4 is 10.0 Å². The first-order valence-electron chi connectivity index (χ1n) is 6.93. The summed E-state index contributed by atoms with van der Waals surface area (Å²) in [7, 11) is -3.64. The van der Waals surface area contributed by atoms with Gasteiger partial charge in [0.2, 0.25) is 10.0 Å². The Balaban J connectivity index is 1.76. The SMILES string of the molecule is N#Cc1ncccc1S(=O)(=O)N1CCN(C2CNC2)CC1. The minimum absolute atomic E-state index is 0.00580. The lowest BCUT2D eigenvalue weighted by Gasteiger charge is -2.42. The minimum Gasteiger partial charge on any atom is -0.314 e. The molecule has 2 aliphatic rings. The Labute approximate surface area is 124 Å². The molecular weight excluding hydrogens is 290 g/mol. The summed E-state index contributed by atoms with van der Waals surface area (Å²) in [6.07, 6.45) is 1.43. The predicted octanol–water partition coefficient (Wildman–Crippen LogP) is -0.769. The molecule has 8 heteroatoms. The second kappa shape index (κ2) is 5.69. The Bertz CT molecular complexity index is 657. The van der Waals surface area contributed by atoms with Crippen LogP contribution in [-0.2, 0) is 10.0 Å². The molecule has 21 heavy (non-hydrogen) atoms. The number of nitrogens with one attached hydrogen (secondary N) is 1. The zero-order valence-corrected chi connectivity index (χ0v) is 12.4. The lowest BCUT2D eigenvalue weighted by Crippen LogP contribution is -2.62. The first-order valence-corrected chi connectivity index (χ1v) is 8.37. The number of piperazine rings is 1. The summed E-state index contributed by atoms with van der Waals surface area (Å²) in [5.74, 6) is 0. The number of aromatic nitrogens is 1. The van der Waals surface area contributed by atoms with Crippen molar-refractivity contribution in [1.82, 2.24) is 19.5 Å². The van der Waals surface area contributed by atoms with Gasteiger partial charge in [-0.2, -0.15) is 9.57 Å². The number of nitrogens with zero attached hydrogens (tertiary/aromatic N) is 4. The number of pyridine rings is 1. The maximum absolute atomic E-state index is 12.6. The third kappa shape index (κ3) is 2.65. The van der Waals surface area contributed by atoms with E-state index in [1.807, 2.05) is 6.07 Å². The lowest BCUT2D eigenvalue weighted by molar-refractivity contribution is 0.103. The van der Waals surface area contributed by atoms with Crippen molar-refractivity contribution in [3.05, 3.63) is 24.0 Å². The van der Waals surface area contributed by atoms with E-state index in [4.69, 9.17) is 5.26 Å². The van der Waals surface area contributed by atoms with E-state index in [0.717, 1.165) is 26.2 Å². The molecule has 3 heterocycles. The average molecular weight is 307 g/mol. The monoisotopic (exact) mass is 307 g/mol. The second-order valence-corrected chi connectivity index (χ2v) is 7.12. The molecule has 0 radical (unpaired) electrons. The van der Waals surface area contributed by atoms with Crippen molar-refractivity contribution in [2.24, 2.45) is 0 Å². The highest BCUT2D eigenvalue weighted by molar-refractivity contribution is 7.89. The van der Waals surface area contributed by atoms with Gasteiger partial charge in [-0.1, -0.05) is 0 Å². The number of hydrogen-bond donors (Lipinski definition) is 1. The fraction of sp³-hybridized carbons (Fsp3) is 0.538. The third-order valence-electron chi connectivity index (χ3n) is 4.04. The Morgan fingerprint density at radius 3 is 2.57 bits per heavy atom. The zero-order chi connectivity index (χ0) is 14.9. The fourth-order valence-electron chi connectivity index (χ4n) is 2.66. The standard InChI is InChI=1S/C13H17N5O2S/c14-8-12-13(2-1-3-16-12)21(19,20)18-6-4-17(5-7-18)11-9-15-10-11/h1-3,11,15H,4-7,9-10H2. The van der Waals surface area contributed by atoms with E-state index >= 15 is 0 Å².